The summed E-state index contributed by atoms with van der Waals surface area (Å²) in [4.78, 5) is 0. The Balaban J connectivity index is 2.00. The van der Waals surface area contributed by atoms with Gasteiger partial charge in [0.1, 0.15) is 19.0 Å². The normalized spacial score (nSPS) is 9.55. The van der Waals surface area contributed by atoms with Gasteiger partial charge in [0.25, 0.3) is 0 Å². The van der Waals surface area contributed by atoms with Crippen LogP contribution >= 0.6 is 0 Å². The van der Waals surface area contributed by atoms with Gasteiger partial charge in [-0.2, -0.15) is 5.26 Å². The zero-order chi connectivity index (χ0) is 14.2. The summed E-state index contributed by atoms with van der Waals surface area (Å²) >= 11 is 0. The van der Waals surface area contributed by atoms with Crippen LogP contribution in [0.3, 0.4) is 0 Å². The Kier molecular flexibility index (Phi) is 4.80. The van der Waals surface area contributed by atoms with Gasteiger partial charge in [0.05, 0.1) is 17.9 Å². The third kappa shape index (κ3) is 3.63. The van der Waals surface area contributed by atoms with E-state index < -0.39 is 0 Å². The lowest BCUT2D eigenvalue weighted by atomic mass is 10.0. The minimum atomic E-state index is 0.487. The Morgan fingerprint density at radius 3 is 2.10 bits per heavy atom. The maximum atomic E-state index is 8.77. The van der Waals surface area contributed by atoms with E-state index in [0.717, 1.165) is 16.9 Å². The molecular formula is C17H15NO2. The van der Waals surface area contributed by atoms with E-state index in [1.165, 1.54) is 6.26 Å². The molecule has 3 heteroatoms. The molecule has 0 fully saturated rings. The van der Waals surface area contributed by atoms with Crippen molar-refractivity contribution in [2.24, 2.45) is 0 Å². The Bertz CT molecular complexity index is 594. The van der Waals surface area contributed by atoms with E-state index in [1.54, 1.807) is 0 Å². The Morgan fingerprint density at radius 1 is 0.950 bits per heavy atom. The number of nitrogens with zero attached hydrogens (tertiary/aromatic N) is 1. The third-order valence-corrected chi connectivity index (χ3v) is 2.79. The standard InChI is InChI=1S/C17H15NO2/c1-2-19-11-12-20-17-9-7-16(8-10-17)15-5-3-14(13-18)4-6-15/h2-10H,1,11-12H2. The molecule has 0 spiro atoms. The largest absolute Gasteiger partial charge is 0.498 e. The highest BCUT2D eigenvalue weighted by molar-refractivity contribution is 5.64. The molecule has 0 radical (unpaired) electrons. The fourth-order valence-electron chi connectivity index (χ4n) is 1.77. The highest BCUT2D eigenvalue weighted by Crippen LogP contribution is 2.22. The first-order valence-corrected chi connectivity index (χ1v) is 6.29. The van der Waals surface area contributed by atoms with E-state index in [1.807, 2.05) is 48.5 Å². The molecule has 0 aliphatic heterocycles. The van der Waals surface area contributed by atoms with Gasteiger partial charge in [-0.3, -0.25) is 0 Å². The first kappa shape index (κ1) is 13.7. The highest BCUT2D eigenvalue weighted by atomic mass is 16.5. The summed E-state index contributed by atoms with van der Waals surface area (Å²) in [5.41, 5.74) is 2.82. The maximum absolute atomic E-state index is 8.77. The van der Waals surface area contributed by atoms with Gasteiger partial charge in [-0.1, -0.05) is 30.8 Å². The minimum Gasteiger partial charge on any atom is -0.498 e. The van der Waals surface area contributed by atoms with Crippen molar-refractivity contribution in [2.45, 2.75) is 0 Å². The van der Waals surface area contributed by atoms with Crippen molar-refractivity contribution in [3.8, 4) is 22.9 Å². The molecule has 0 atom stereocenters. The molecule has 0 saturated heterocycles. The third-order valence-electron chi connectivity index (χ3n) is 2.79. The fraction of sp³-hybridized carbons (Fsp3) is 0.118. The van der Waals surface area contributed by atoms with Crippen LogP contribution in [0.2, 0.25) is 0 Å². The zero-order valence-corrected chi connectivity index (χ0v) is 11.1. The summed E-state index contributed by atoms with van der Waals surface area (Å²) in [6.07, 6.45) is 1.40. The van der Waals surface area contributed by atoms with Crippen LogP contribution in [0.15, 0.2) is 61.4 Å². The van der Waals surface area contributed by atoms with Crippen molar-refractivity contribution in [1.29, 1.82) is 5.26 Å². The summed E-state index contributed by atoms with van der Waals surface area (Å²) in [7, 11) is 0. The van der Waals surface area contributed by atoms with Crippen LogP contribution in [0.25, 0.3) is 11.1 Å². The van der Waals surface area contributed by atoms with Gasteiger partial charge in [0.15, 0.2) is 0 Å². The Hall–Kier alpha value is -2.73. The van der Waals surface area contributed by atoms with Crippen LogP contribution < -0.4 is 4.74 Å². The molecule has 2 aromatic rings. The van der Waals surface area contributed by atoms with Crippen LogP contribution in [0, 0.1) is 11.3 Å². The van der Waals surface area contributed by atoms with E-state index >= 15 is 0 Å². The topological polar surface area (TPSA) is 42.2 Å². The quantitative estimate of drug-likeness (QED) is 0.590. The van der Waals surface area contributed by atoms with Crippen molar-refractivity contribution >= 4 is 0 Å². The highest BCUT2D eigenvalue weighted by Gasteiger charge is 1.99. The van der Waals surface area contributed by atoms with E-state index in [0.29, 0.717) is 18.8 Å². The van der Waals surface area contributed by atoms with Gasteiger partial charge >= 0.3 is 0 Å². The van der Waals surface area contributed by atoms with E-state index in [2.05, 4.69) is 12.6 Å². The molecule has 3 nitrogen and oxygen atoms in total. The first-order valence-electron chi connectivity index (χ1n) is 6.29. The van der Waals surface area contributed by atoms with Gasteiger partial charge in [-0.25, -0.2) is 0 Å². The molecule has 0 heterocycles. The average Bonchev–Trinajstić information content (AvgIpc) is 2.52. The maximum Gasteiger partial charge on any atom is 0.122 e. The monoisotopic (exact) mass is 265 g/mol. The molecule has 0 N–H and O–H groups in total. The SMILES string of the molecule is C=COCCOc1ccc(-c2ccc(C#N)cc2)cc1. The van der Waals surface area contributed by atoms with Gasteiger partial charge < -0.3 is 9.47 Å². The molecule has 2 rings (SSSR count). The van der Waals surface area contributed by atoms with Crippen LogP contribution in [0.1, 0.15) is 5.56 Å². The van der Waals surface area contributed by atoms with Gasteiger partial charge in [-0.15, -0.1) is 0 Å². The number of ether oxygens (including phenoxy) is 2. The van der Waals surface area contributed by atoms with Gasteiger partial charge in [0, 0.05) is 0 Å². The molecule has 0 aromatic heterocycles. The summed E-state index contributed by atoms with van der Waals surface area (Å²) in [5.74, 6) is 0.801. The molecule has 0 saturated carbocycles. The smallest absolute Gasteiger partial charge is 0.122 e. The molecule has 100 valence electrons. The van der Waals surface area contributed by atoms with Gasteiger partial charge in [-0.05, 0) is 35.4 Å². The number of hydrogen-bond acceptors (Lipinski definition) is 3. The number of hydrogen-bond donors (Lipinski definition) is 0. The number of benzene rings is 2. The van der Waals surface area contributed by atoms with Crippen LogP contribution in [-0.4, -0.2) is 13.2 Å². The molecule has 0 aliphatic rings. The lowest BCUT2D eigenvalue weighted by Crippen LogP contribution is -2.03. The summed E-state index contributed by atoms with van der Waals surface area (Å²) in [6, 6.07) is 17.4. The van der Waals surface area contributed by atoms with Gasteiger partial charge in [0.2, 0.25) is 0 Å². The van der Waals surface area contributed by atoms with E-state index in [4.69, 9.17) is 14.7 Å². The van der Waals surface area contributed by atoms with Crippen LogP contribution in [0.5, 0.6) is 5.75 Å². The summed E-state index contributed by atoms with van der Waals surface area (Å²) in [5, 5.41) is 8.77. The Morgan fingerprint density at radius 2 is 1.55 bits per heavy atom. The molecule has 0 unspecified atom stereocenters. The second-order valence-electron chi connectivity index (χ2n) is 4.10. The number of nitriles is 1. The molecule has 2 aromatic carbocycles. The second kappa shape index (κ2) is 7.01. The van der Waals surface area contributed by atoms with Crippen molar-refractivity contribution < 1.29 is 9.47 Å². The fourth-order valence-corrected chi connectivity index (χ4v) is 1.77. The van der Waals surface area contributed by atoms with Crippen LogP contribution in [0.4, 0.5) is 0 Å². The van der Waals surface area contributed by atoms with Crippen LogP contribution in [-0.2, 0) is 4.74 Å². The average molecular weight is 265 g/mol. The van der Waals surface area contributed by atoms with Crippen molar-refractivity contribution in [1.82, 2.24) is 0 Å². The molecule has 20 heavy (non-hydrogen) atoms. The molecular weight excluding hydrogens is 250 g/mol. The van der Waals surface area contributed by atoms with Crippen molar-refractivity contribution in [3.05, 3.63) is 66.9 Å². The predicted octanol–water partition coefficient (Wildman–Crippen LogP) is 3.76. The zero-order valence-electron chi connectivity index (χ0n) is 11.1. The molecule has 0 amide bonds. The lowest BCUT2D eigenvalue weighted by molar-refractivity contribution is 0.179. The Labute approximate surface area is 118 Å². The first-order chi connectivity index (χ1) is 9.83. The lowest BCUT2D eigenvalue weighted by Gasteiger charge is -2.07. The van der Waals surface area contributed by atoms with E-state index in [-0.39, 0.29) is 0 Å². The summed E-state index contributed by atoms with van der Waals surface area (Å²) in [6.45, 7) is 4.44. The second-order valence-corrected chi connectivity index (χ2v) is 4.10. The van der Waals surface area contributed by atoms with Crippen molar-refractivity contribution in [3.63, 3.8) is 0 Å². The summed E-state index contributed by atoms with van der Waals surface area (Å²) < 4.78 is 10.5. The van der Waals surface area contributed by atoms with E-state index in [9.17, 15) is 0 Å². The predicted molar refractivity (Wildman–Crippen MR) is 78.2 cm³/mol. The van der Waals surface area contributed by atoms with Crippen molar-refractivity contribution in [2.75, 3.05) is 13.2 Å². The molecule has 0 aliphatic carbocycles. The number of rotatable bonds is 6. The molecule has 0 bridgehead atoms. The minimum absolute atomic E-state index is 0.487.